The van der Waals surface area contributed by atoms with E-state index in [4.69, 9.17) is 23.4 Å². The van der Waals surface area contributed by atoms with E-state index in [-0.39, 0.29) is 6.42 Å². The van der Waals surface area contributed by atoms with Crippen LogP contribution >= 0.6 is 0 Å². The fourth-order valence-electron chi connectivity index (χ4n) is 4.52. The highest BCUT2D eigenvalue weighted by atomic mass is 16.5. The minimum absolute atomic E-state index is 0.240. The smallest absolute Gasteiger partial charge is 0.333 e. The van der Waals surface area contributed by atoms with E-state index in [1.807, 2.05) is 48.5 Å². The summed E-state index contributed by atoms with van der Waals surface area (Å²) in [5.74, 6) is 0.925. The van der Waals surface area contributed by atoms with Gasteiger partial charge in [0.05, 0.1) is 20.3 Å². The van der Waals surface area contributed by atoms with Gasteiger partial charge in [-0.05, 0) is 59.2 Å². The highest BCUT2D eigenvalue weighted by molar-refractivity contribution is 6.05. The van der Waals surface area contributed by atoms with Crippen LogP contribution in [0.4, 0.5) is 0 Å². The molecule has 200 valence electrons. The van der Waals surface area contributed by atoms with Crippen LogP contribution in [0.3, 0.4) is 0 Å². The summed E-state index contributed by atoms with van der Waals surface area (Å²) in [4.78, 5) is 11.2. The average Bonchev–Trinajstić information content (AvgIpc) is 3.34. The molecule has 0 aliphatic heterocycles. The molecule has 39 heavy (non-hydrogen) atoms. The summed E-state index contributed by atoms with van der Waals surface area (Å²) in [6.07, 6.45) is 0.0111. The van der Waals surface area contributed by atoms with Crippen molar-refractivity contribution in [2.45, 2.75) is 18.9 Å². The quantitative estimate of drug-likeness (QED) is 0.180. The van der Waals surface area contributed by atoms with Crippen LogP contribution in [-0.2, 0) is 16.0 Å². The van der Waals surface area contributed by atoms with Gasteiger partial charge in [-0.15, -0.1) is 0 Å². The van der Waals surface area contributed by atoms with Crippen molar-refractivity contribution >= 4 is 27.9 Å². The van der Waals surface area contributed by atoms with Gasteiger partial charge < -0.3 is 28.5 Å². The number of benzene rings is 4. The van der Waals surface area contributed by atoms with Crippen molar-refractivity contribution in [1.82, 2.24) is 0 Å². The Bertz CT molecular complexity index is 1570. The first-order valence-electron chi connectivity index (χ1n) is 12.8. The van der Waals surface area contributed by atoms with Gasteiger partial charge in [0.15, 0.2) is 17.6 Å². The molecule has 0 radical (unpaired) electrons. The maximum absolute atomic E-state index is 11.2. The second-order valence-electron chi connectivity index (χ2n) is 9.14. The third kappa shape index (κ3) is 5.99. The normalized spacial score (nSPS) is 11.9. The van der Waals surface area contributed by atoms with E-state index in [9.17, 15) is 9.90 Å². The summed E-state index contributed by atoms with van der Waals surface area (Å²) in [7, 11) is 2.94. The molecule has 7 heteroatoms. The van der Waals surface area contributed by atoms with Crippen LogP contribution in [0.1, 0.15) is 12.0 Å². The first-order chi connectivity index (χ1) is 19.1. The number of furan rings is 1. The molecule has 5 aromatic rings. The van der Waals surface area contributed by atoms with E-state index in [1.165, 1.54) is 7.11 Å². The Kier molecular flexibility index (Phi) is 7.99. The van der Waals surface area contributed by atoms with Crippen molar-refractivity contribution in [2.24, 2.45) is 0 Å². The predicted octanol–water partition coefficient (Wildman–Crippen LogP) is 6.75. The molecule has 0 aliphatic rings. The van der Waals surface area contributed by atoms with Crippen LogP contribution in [-0.4, -0.2) is 44.6 Å². The lowest BCUT2D eigenvalue weighted by Crippen LogP contribution is -2.24. The average molecular weight is 527 g/mol. The molecular weight excluding hydrogens is 496 g/mol. The monoisotopic (exact) mass is 526 g/mol. The van der Waals surface area contributed by atoms with Gasteiger partial charge in [0.25, 0.3) is 0 Å². The van der Waals surface area contributed by atoms with Crippen molar-refractivity contribution in [3.8, 4) is 28.4 Å². The van der Waals surface area contributed by atoms with Crippen LogP contribution in [0.2, 0.25) is 0 Å². The number of carboxylic acids is 1. The maximum Gasteiger partial charge on any atom is 0.333 e. The van der Waals surface area contributed by atoms with Crippen molar-refractivity contribution in [1.29, 1.82) is 0 Å². The number of carbonyl (C=O) groups is 1. The predicted molar refractivity (Wildman–Crippen MR) is 150 cm³/mol. The standard InChI is InChI=1S/C32H30O7/c1-35-30-18-21(19-31(36-2)32(33)34)8-15-28(30)38-17-5-16-37-24-12-9-22(10-13-24)23-11-14-26-25-6-3-4-7-27(25)39-29(26)20-23/h3-4,6-15,18,20,31H,5,16-17,19H2,1-2H3,(H,33,34). The Morgan fingerprint density at radius 3 is 2.31 bits per heavy atom. The first kappa shape index (κ1) is 26.1. The van der Waals surface area contributed by atoms with Crippen LogP contribution in [0, 0.1) is 0 Å². The molecule has 0 saturated heterocycles. The van der Waals surface area contributed by atoms with Gasteiger partial charge in [-0.2, -0.15) is 0 Å². The van der Waals surface area contributed by atoms with Crippen molar-refractivity contribution < 1.29 is 33.3 Å². The molecule has 1 atom stereocenters. The van der Waals surface area contributed by atoms with Gasteiger partial charge in [-0.25, -0.2) is 4.79 Å². The second kappa shape index (κ2) is 11.9. The molecule has 7 nitrogen and oxygen atoms in total. The molecule has 0 fully saturated rings. The fourth-order valence-corrected chi connectivity index (χ4v) is 4.52. The number of fused-ring (bicyclic) bond motifs is 3. The number of hydrogen-bond donors (Lipinski definition) is 1. The van der Waals surface area contributed by atoms with E-state index in [2.05, 4.69) is 24.3 Å². The fraction of sp³-hybridized carbons (Fsp3) is 0.219. The molecule has 1 aromatic heterocycles. The summed E-state index contributed by atoms with van der Waals surface area (Å²) in [5, 5.41) is 11.4. The van der Waals surface area contributed by atoms with Gasteiger partial charge in [0.1, 0.15) is 16.9 Å². The lowest BCUT2D eigenvalue weighted by atomic mass is 10.0. The van der Waals surface area contributed by atoms with E-state index >= 15 is 0 Å². The van der Waals surface area contributed by atoms with E-state index < -0.39 is 12.1 Å². The molecule has 0 spiro atoms. The summed E-state index contributed by atoms with van der Waals surface area (Å²) in [6, 6.07) is 27.7. The Hall–Kier alpha value is -4.49. The van der Waals surface area contributed by atoms with E-state index in [1.54, 1.807) is 19.2 Å². The summed E-state index contributed by atoms with van der Waals surface area (Å²) in [6.45, 7) is 0.944. The highest BCUT2D eigenvalue weighted by Crippen LogP contribution is 2.33. The van der Waals surface area contributed by atoms with Crippen molar-refractivity contribution in [3.05, 3.63) is 90.5 Å². The second-order valence-corrected chi connectivity index (χ2v) is 9.14. The maximum atomic E-state index is 11.2. The van der Waals surface area contributed by atoms with Gasteiger partial charge in [-0.3, -0.25) is 0 Å². The lowest BCUT2D eigenvalue weighted by Gasteiger charge is -2.14. The van der Waals surface area contributed by atoms with Crippen LogP contribution in [0.5, 0.6) is 17.2 Å². The summed E-state index contributed by atoms with van der Waals surface area (Å²) in [5.41, 5.74) is 4.73. The Morgan fingerprint density at radius 2 is 1.54 bits per heavy atom. The van der Waals surface area contributed by atoms with Gasteiger partial charge >= 0.3 is 5.97 Å². The molecule has 0 aliphatic carbocycles. The number of carboxylic acid groups (broad SMARTS) is 1. The number of para-hydroxylation sites is 1. The third-order valence-corrected chi connectivity index (χ3v) is 6.59. The van der Waals surface area contributed by atoms with Crippen LogP contribution in [0.25, 0.3) is 33.1 Å². The SMILES string of the molecule is COc1cc(CC(OC)C(=O)O)ccc1OCCCOc1ccc(-c2ccc3c(c2)oc2ccccc23)cc1. The molecule has 1 N–H and O–H groups in total. The largest absolute Gasteiger partial charge is 0.493 e. The number of rotatable bonds is 12. The molecule has 0 saturated carbocycles. The van der Waals surface area contributed by atoms with E-state index in [0.29, 0.717) is 31.1 Å². The Labute approximate surface area is 226 Å². The summed E-state index contributed by atoms with van der Waals surface area (Å²) < 4.78 is 28.2. The minimum atomic E-state index is -1.00. The number of methoxy groups -OCH3 is 2. The van der Waals surface area contributed by atoms with Crippen LogP contribution in [0.15, 0.2) is 89.3 Å². The third-order valence-electron chi connectivity index (χ3n) is 6.59. The molecule has 1 unspecified atom stereocenters. The minimum Gasteiger partial charge on any atom is -0.493 e. The molecule has 1 heterocycles. The molecular formula is C32H30O7. The lowest BCUT2D eigenvalue weighted by molar-refractivity contribution is -0.148. The number of aliphatic carboxylic acids is 1. The van der Waals surface area contributed by atoms with Gasteiger partial charge in [-0.1, -0.05) is 42.5 Å². The zero-order chi connectivity index (χ0) is 27.2. The van der Waals surface area contributed by atoms with Gasteiger partial charge in [0.2, 0.25) is 0 Å². The number of ether oxygens (including phenoxy) is 4. The topological polar surface area (TPSA) is 87.4 Å². The zero-order valence-corrected chi connectivity index (χ0v) is 21.9. The zero-order valence-electron chi connectivity index (χ0n) is 21.9. The number of hydrogen-bond acceptors (Lipinski definition) is 6. The molecule has 0 amide bonds. The van der Waals surface area contributed by atoms with Crippen molar-refractivity contribution in [2.75, 3.05) is 27.4 Å². The Balaban J connectivity index is 1.12. The summed E-state index contributed by atoms with van der Waals surface area (Å²) >= 11 is 0. The molecule has 4 aromatic carbocycles. The van der Waals surface area contributed by atoms with Crippen molar-refractivity contribution in [3.63, 3.8) is 0 Å². The van der Waals surface area contributed by atoms with Gasteiger partial charge in [0, 0.05) is 30.7 Å². The molecule has 0 bridgehead atoms. The Morgan fingerprint density at radius 1 is 0.795 bits per heavy atom. The molecule has 5 rings (SSSR count). The van der Waals surface area contributed by atoms with Crippen LogP contribution < -0.4 is 14.2 Å². The highest BCUT2D eigenvalue weighted by Gasteiger charge is 2.18. The van der Waals surface area contributed by atoms with E-state index in [0.717, 1.165) is 44.4 Å². The first-order valence-corrected chi connectivity index (χ1v) is 12.8.